The van der Waals surface area contributed by atoms with E-state index in [4.69, 9.17) is 20.0 Å². The van der Waals surface area contributed by atoms with Gasteiger partial charge in [0, 0.05) is 35.7 Å². The van der Waals surface area contributed by atoms with Crippen LogP contribution in [0.5, 0.6) is 5.75 Å². The van der Waals surface area contributed by atoms with E-state index in [0.717, 1.165) is 46.6 Å². The molecule has 0 unspecified atom stereocenters. The van der Waals surface area contributed by atoms with Crippen LogP contribution in [0.25, 0.3) is 27.8 Å². The normalized spacial score (nSPS) is 10.9. The largest absolute Gasteiger partial charge is 0.493 e. The van der Waals surface area contributed by atoms with E-state index in [1.807, 2.05) is 53.2 Å². The fraction of sp³-hybridized carbons (Fsp3) is 0.179. The number of carboxylic acid groups (broad SMARTS) is 2. The second-order valence-electron chi connectivity index (χ2n) is 8.30. The number of carbonyl (C=O) groups is 2. The minimum atomic E-state index is -1.26. The van der Waals surface area contributed by atoms with Crippen molar-refractivity contribution in [3.63, 3.8) is 0 Å². The Morgan fingerprint density at radius 1 is 0.973 bits per heavy atom. The number of aromatic nitrogens is 2. The minimum absolute atomic E-state index is 0.253. The predicted molar refractivity (Wildman–Crippen MR) is 140 cm³/mol. The molecule has 0 saturated heterocycles. The molecule has 37 heavy (non-hydrogen) atoms. The average molecular weight is 506 g/mol. The summed E-state index contributed by atoms with van der Waals surface area (Å²) in [5.74, 6) is -1.94. The van der Waals surface area contributed by atoms with Gasteiger partial charge in [0.2, 0.25) is 0 Å². The zero-order valence-corrected chi connectivity index (χ0v) is 20.5. The maximum absolute atomic E-state index is 13.4. The smallest absolute Gasteiger partial charge is 0.328 e. The first-order chi connectivity index (χ1) is 17.7. The highest BCUT2D eigenvalue weighted by Gasteiger charge is 2.13. The van der Waals surface area contributed by atoms with Crippen molar-refractivity contribution in [1.29, 1.82) is 0 Å². The van der Waals surface area contributed by atoms with E-state index >= 15 is 0 Å². The van der Waals surface area contributed by atoms with Crippen LogP contribution in [0.1, 0.15) is 6.42 Å². The number of hydrogen-bond donors (Lipinski definition) is 2. The number of nitrogens with zero attached hydrogens (tertiary/aromatic N) is 3. The highest BCUT2D eigenvalue weighted by molar-refractivity contribution is 5.94. The summed E-state index contributed by atoms with van der Waals surface area (Å²) < 4.78 is 21.2. The molecule has 0 aliphatic rings. The number of benzene rings is 3. The summed E-state index contributed by atoms with van der Waals surface area (Å²) in [6, 6.07) is 22.5. The minimum Gasteiger partial charge on any atom is -0.493 e. The van der Waals surface area contributed by atoms with Gasteiger partial charge in [0.15, 0.2) is 0 Å². The number of rotatable bonds is 9. The van der Waals surface area contributed by atoms with Crippen molar-refractivity contribution in [2.24, 2.45) is 0 Å². The second kappa shape index (κ2) is 13.0. The van der Waals surface area contributed by atoms with Gasteiger partial charge in [-0.2, -0.15) is 5.10 Å². The van der Waals surface area contributed by atoms with Crippen molar-refractivity contribution < 1.29 is 28.9 Å². The van der Waals surface area contributed by atoms with Crippen LogP contribution in [0.4, 0.5) is 4.39 Å². The van der Waals surface area contributed by atoms with E-state index in [-0.39, 0.29) is 5.82 Å². The number of aliphatic carboxylic acids is 2. The van der Waals surface area contributed by atoms with Crippen LogP contribution in [-0.2, 0) is 9.59 Å². The maximum atomic E-state index is 13.4. The van der Waals surface area contributed by atoms with Crippen LogP contribution in [0.15, 0.2) is 84.9 Å². The molecule has 192 valence electrons. The Hall–Kier alpha value is -4.50. The molecule has 0 aliphatic carbocycles. The third-order valence-corrected chi connectivity index (χ3v) is 5.15. The lowest BCUT2D eigenvalue weighted by atomic mass is 10.1. The standard InChI is InChI=1S/C24H24FN3O.C4H4O4/c1-27(2)15-6-16-29-21-8-5-7-20(17-21)28-23-10-4-3-9-22(23)24(26-28)18-11-13-19(25)14-12-18;5-3(6)1-2-4(7)8/h3-5,7-14,17H,6,15-16H2,1-2H3;1-2H,(H,5,6)(H,7,8)/b;2-1-. The fourth-order valence-electron chi connectivity index (χ4n) is 3.50. The van der Waals surface area contributed by atoms with Crippen LogP contribution >= 0.6 is 0 Å². The molecular weight excluding hydrogens is 477 g/mol. The number of ether oxygens (including phenoxy) is 1. The third kappa shape index (κ3) is 8.01. The van der Waals surface area contributed by atoms with Gasteiger partial charge >= 0.3 is 11.9 Å². The van der Waals surface area contributed by atoms with Crippen LogP contribution in [0.2, 0.25) is 0 Å². The molecule has 0 atom stereocenters. The quantitative estimate of drug-likeness (QED) is 0.247. The molecule has 0 fully saturated rings. The lowest BCUT2D eigenvalue weighted by molar-refractivity contribution is -0.134. The van der Waals surface area contributed by atoms with Crippen LogP contribution in [0, 0.1) is 5.82 Å². The molecule has 2 N–H and O–H groups in total. The first-order valence-corrected chi connectivity index (χ1v) is 11.5. The van der Waals surface area contributed by atoms with Gasteiger partial charge in [0.1, 0.15) is 17.3 Å². The number of fused-ring (bicyclic) bond motifs is 1. The molecule has 9 heteroatoms. The zero-order valence-electron chi connectivity index (χ0n) is 20.5. The maximum Gasteiger partial charge on any atom is 0.328 e. The molecule has 4 aromatic rings. The molecule has 4 rings (SSSR count). The molecule has 8 nitrogen and oxygen atoms in total. The highest BCUT2D eigenvalue weighted by Crippen LogP contribution is 2.30. The Bertz CT molecular complexity index is 1360. The first-order valence-electron chi connectivity index (χ1n) is 11.5. The van der Waals surface area contributed by atoms with Crippen molar-refractivity contribution in [3.05, 3.63) is 90.8 Å². The lowest BCUT2D eigenvalue weighted by Crippen LogP contribution is -2.15. The van der Waals surface area contributed by atoms with Crippen LogP contribution < -0.4 is 4.74 Å². The molecule has 3 aromatic carbocycles. The zero-order chi connectivity index (χ0) is 26.8. The number of hydrogen-bond acceptors (Lipinski definition) is 5. The molecule has 0 bridgehead atoms. The first kappa shape index (κ1) is 27.1. The lowest BCUT2D eigenvalue weighted by Gasteiger charge is -2.11. The number of halogens is 1. The molecular formula is C28H28FN3O5. The fourth-order valence-corrected chi connectivity index (χ4v) is 3.50. The van der Waals surface area contributed by atoms with Crippen molar-refractivity contribution in [3.8, 4) is 22.7 Å². The van der Waals surface area contributed by atoms with Gasteiger partial charge in [-0.15, -0.1) is 0 Å². The van der Waals surface area contributed by atoms with E-state index in [9.17, 15) is 14.0 Å². The third-order valence-electron chi connectivity index (χ3n) is 5.15. The Balaban J connectivity index is 0.000000414. The van der Waals surface area contributed by atoms with Gasteiger partial charge in [-0.3, -0.25) is 0 Å². The van der Waals surface area contributed by atoms with Crippen molar-refractivity contribution in [2.45, 2.75) is 6.42 Å². The van der Waals surface area contributed by atoms with Gasteiger partial charge in [0.25, 0.3) is 0 Å². The van der Waals surface area contributed by atoms with Crippen LogP contribution in [0.3, 0.4) is 0 Å². The molecule has 1 heterocycles. The Kier molecular flexibility index (Phi) is 9.51. The summed E-state index contributed by atoms with van der Waals surface area (Å²) in [7, 11) is 4.12. The molecule has 0 saturated carbocycles. The monoisotopic (exact) mass is 505 g/mol. The summed E-state index contributed by atoms with van der Waals surface area (Å²) in [5, 5.41) is 21.5. The SMILES string of the molecule is CN(C)CCCOc1cccc(-n2nc(-c3ccc(F)cc3)c3ccccc32)c1.O=C(O)/C=C\C(=O)O. The van der Waals surface area contributed by atoms with E-state index in [1.165, 1.54) is 12.1 Å². The van der Waals surface area contributed by atoms with Gasteiger partial charge < -0.3 is 19.8 Å². The summed E-state index contributed by atoms with van der Waals surface area (Å²) in [5.41, 5.74) is 3.64. The molecule has 0 radical (unpaired) electrons. The number of para-hydroxylation sites is 1. The topological polar surface area (TPSA) is 105 Å². The molecule has 0 amide bonds. The summed E-state index contributed by atoms with van der Waals surface area (Å²) in [6.07, 6.45) is 2.08. The van der Waals surface area contributed by atoms with E-state index in [0.29, 0.717) is 18.8 Å². The Labute approximate surface area is 213 Å². The molecule has 0 spiro atoms. The molecule has 1 aromatic heterocycles. The van der Waals surface area contributed by atoms with Crippen molar-refractivity contribution in [1.82, 2.24) is 14.7 Å². The van der Waals surface area contributed by atoms with Crippen LogP contribution in [-0.4, -0.2) is 64.1 Å². The summed E-state index contributed by atoms with van der Waals surface area (Å²) in [6.45, 7) is 1.66. The Morgan fingerprint density at radius 2 is 1.65 bits per heavy atom. The summed E-state index contributed by atoms with van der Waals surface area (Å²) >= 11 is 0. The molecule has 0 aliphatic heterocycles. The summed E-state index contributed by atoms with van der Waals surface area (Å²) in [4.78, 5) is 21.3. The van der Waals surface area contributed by atoms with E-state index in [1.54, 1.807) is 12.1 Å². The second-order valence-corrected chi connectivity index (χ2v) is 8.30. The predicted octanol–water partition coefficient (Wildman–Crippen LogP) is 4.87. The average Bonchev–Trinajstić information content (AvgIpc) is 3.26. The highest BCUT2D eigenvalue weighted by atomic mass is 19.1. The van der Waals surface area contributed by atoms with E-state index < -0.39 is 11.9 Å². The Morgan fingerprint density at radius 3 is 2.30 bits per heavy atom. The van der Waals surface area contributed by atoms with Crippen molar-refractivity contribution in [2.75, 3.05) is 27.2 Å². The van der Waals surface area contributed by atoms with Crippen molar-refractivity contribution >= 4 is 22.8 Å². The number of carboxylic acids is 2. The van der Waals surface area contributed by atoms with E-state index in [2.05, 4.69) is 19.0 Å². The van der Waals surface area contributed by atoms with Gasteiger partial charge in [-0.25, -0.2) is 18.7 Å². The van der Waals surface area contributed by atoms with Gasteiger partial charge in [-0.05, 0) is 63.0 Å². The van der Waals surface area contributed by atoms with Gasteiger partial charge in [-0.1, -0.05) is 24.3 Å². The van der Waals surface area contributed by atoms with Gasteiger partial charge in [0.05, 0.1) is 17.8 Å².